The zero-order valence-corrected chi connectivity index (χ0v) is 8.33. The van der Waals surface area contributed by atoms with Gasteiger partial charge in [0.05, 0.1) is 0 Å². The normalized spacial score (nSPS) is 9.80. The molecule has 0 aromatic carbocycles. The van der Waals surface area contributed by atoms with Crippen LogP contribution in [-0.4, -0.2) is 10.3 Å². The number of amides is 1. The number of rotatable bonds is 1. The Kier molecular flexibility index (Phi) is 2.48. The van der Waals surface area contributed by atoms with Crippen LogP contribution in [0.1, 0.15) is 10.4 Å². The van der Waals surface area contributed by atoms with Crippen molar-refractivity contribution in [3.63, 3.8) is 0 Å². The SMILES string of the molecule is NC(=O)c1c(Cl)nsc1I. The Bertz CT molecular complexity index is 255. The zero-order chi connectivity index (χ0) is 7.72. The van der Waals surface area contributed by atoms with Gasteiger partial charge in [-0.3, -0.25) is 4.79 Å². The van der Waals surface area contributed by atoms with Gasteiger partial charge < -0.3 is 5.73 Å². The molecule has 0 aliphatic rings. The minimum absolute atomic E-state index is 0.196. The summed E-state index contributed by atoms with van der Waals surface area (Å²) in [5, 5.41) is 0.196. The van der Waals surface area contributed by atoms with Crippen molar-refractivity contribution in [2.75, 3.05) is 0 Å². The molecule has 1 aromatic rings. The average Bonchev–Trinajstić information content (AvgIpc) is 2.11. The number of carbonyl (C=O) groups excluding carboxylic acids is 1. The Labute approximate surface area is 79.9 Å². The summed E-state index contributed by atoms with van der Waals surface area (Å²) in [5.74, 6) is -0.525. The molecule has 3 nitrogen and oxygen atoms in total. The first kappa shape index (κ1) is 8.22. The van der Waals surface area contributed by atoms with Crippen LogP contribution in [0.2, 0.25) is 5.15 Å². The minimum atomic E-state index is -0.525. The topological polar surface area (TPSA) is 56.0 Å². The smallest absolute Gasteiger partial charge is 0.253 e. The summed E-state index contributed by atoms with van der Waals surface area (Å²) in [4.78, 5) is 10.6. The van der Waals surface area contributed by atoms with Crippen molar-refractivity contribution in [1.82, 2.24) is 4.37 Å². The van der Waals surface area contributed by atoms with Gasteiger partial charge in [0, 0.05) is 0 Å². The van der Waals surface area contributed by atoms with Gasteiger partial charge in [-0.25, -0.2) is 0 Å². The van der Waals surface area contributed by atoms with E-state index in [2.05, 4.69) is 4.37 Å². The second-order valence-corrected chi connectivity index (χ2v) is 4.43. The molecule has 0 atom stereocenters. The molecule has 0 unspecified atom stereocenters. The molecule has 0 aliphatic heterocycles. The third kappa shape index (κ3) is 1.40. The van der Waals surface area contributed by atoms with Gasteiger partial charge in [0.25, 0.3) is 5.91 Å². The second kappa shape index (κ2) is 3.02. The zero-order valence-electron chi connectivity index (χ0n) is 4.60. The van der Waals surface area contributed by atoms with Crippen LogP contribution in [0.3, 0.4) is 0 Å². The highest BCUT2D eigenvalue weighted by Crippen LogP contribution is 2.23. The maximum atomic E-state index is 10.6. The fourth-order valence-electron chi connectivity index (χ4n) is 0.451. The molecule has 1 aromatic heterocycles. The number of primary amides is 1. The second-order valence-electron chi connectivity index (χ2n) is 1.49. The number of halogens is 2. The van der Waals surface area contributed by atoms with Crippen LogP contribution < -0.4 is 5.73 Å². The molecule has 0 radical (unpaired) electrons. The average molecular weight is 288 g/mol. The Balaban J connectivity index is 3.23. The molecule has 6 heteroatoms. The summed E-state index contributed by atoms with van der Waals surface area (Å²) in [5.41, 5.74) is 5.32. The molecule has 0 fully saturated rings. The van der Waals surface area contributed by atoms with Crippen molar-refractivity contribution in [2.45, 2.75) is 0 Å². The molecular formula is C4H2ClIN2OS. The van der Waals surface area contributed by atoms with Crippen molar-refractivity contribution in [3.05, 3.63) is 13.6 Å². The Morgan fingerprint density at radius 3 is 2.60 bits per heavy atom. The van der Waals surface area contributed by atoms with Gasteiger partial charge in [-0.15, -0.1) is 0 Å². The Morgan fingerprint density at radius 1 is 1.80 bits per heavy atom. The third-order valence-corrected chi connectivity index (χ3v) is 3.00. The highest BCUT2D eigenvalue weighted by atomic mass is 127. The lowest BCUT2D eigenvalue weighted by Crippen LogP contribution is -2.11. The number of nitrogens with zero attached hydrogens (tertiary/aromatic N) is 1. The summed E-state index contributed by atoms with van der Waals surface area (Å²) in [6.07, 6.45) is 0. The quantitative estimate of drug-likeness (QED) is 0.796. The fourth-order valence-corrected chi connectivity index (χ4v) is 2.31. The van der Waals surface area contributed by atoms with Gasteiger partial charge in [-0.2, -0.15) is 4.37 Å². The van der Waals surface area contributed by atoms with Crippen LogP contribution in [0.4, 0.5) is 0 Å². The summed E-state index contributed by atoms with van der Waals surface area (Å²) >= 11 is 8.66. The molecule has 0 saturated carbocycles. The molecule has 10 heavy (non-hydrogen) atoms. The van der Waals surface area contributed by atoms with Crippen LogP contribution in [-0.2, 0) is 0 Å². The molecule has 1 rings (SSSR count). The van der Waals surface area contributed by atoms with Crippen molar-refractivity contribution in [3.8, 4) is 0 Å². The molecule has 0 bridgehead atoms. The number of carbonyl (C=O) groups is 1. The fraction of sp³-hybridized carbons (Fsp3) is 0. The van der Waals surface area contributed by atoms with Crippen LogP contribution in [0.15, 0.2) is 0 Å². The first-order chi connectivity index (χ1) is 4.63. The molecule has 1 heterocycles. The van der Waals surface area contributed by atoms with E-state index in [-0.39, 0.29) is 5.15 Å². The minimum Gasteiger partial charge on any atom is -0.365 e. The van der Waals surface area contributed by atoms with Gasteiger partial charge in [0.15, 0.2) is 5.15 Å². The van der Waals surface area contributed by atoms with E-state index in [0.29, 0.717) is 5.56 Å². The van der Waals surface area contributed by atoms with Gasteiger partial charge in [-0.1, -0.05) is 11.6 Å². The van der Waals surface area contributed by atoms with Gasteiger partial charge in [0.1, 0.15) is 8.45 Å². The van der Waals surface area contributed by atoms with E-state index in [4.69, 9.17) is 17.3 Å². The monoisotopic (exact) mass is 288 g/mol. The van der Waals surface area contributed by atoms with Gasteiger partial charge >= 0.3 is 0 Å². The molecule has 0 spiro atoms. The summed E-state index contributed by atoms with van der Waals surface area (Å²) in [7, 11) is 0. The van der Waals surface area contributed by atoms with Gasteiger partial charge in [-0.05, 0) is 34.1 Å². The van der Waals surface area contributed by atoms with E-state index in [1.54, 1.807) is 0 Å². The summed E-state index contributed by atoms with van der Waals surface area (Å²) in [6.45, 7) is 0. The third-order valence-electron chi connectivity index (χ3n) is 0.855. The molecule has 1 amide bonds. The van der Waals surface area contributed by atoms with E-state index < -0.39 is 5.91 Å². The Morgan fingerprint density at radius 2 is 2.40 bits per heavy atom. The lowest BCUT2D eigenvalue weighted by Gasteiger charge is -1.87. The van der Waals surface area contributed by atoms with E-state index in [1.807, 2.05) is 22.6 Å². The van der Waals surface area contributed by atoms with E-state index in [0.717, 1.165) is 14.4 Å². The van der Waals surface area contributed by atoms with Crippen molar-refractivity contribution in [1.29, 1.82) is 0 Å². The predicted octanol–water partition coefficient (Wildman–Crippen LogP) is 1.50. The predicted molar refractivity (Wildman–Crippen MR) is 48.4 cm³/mol. The maximum Gasteiger partial charge on any atom is 0.253 e. The Hall–Kier alpha value is 0.120. The first-order valence-corrected chi connectivity index (χ1v) is 4.46. The molecular weight excluding hydrogens is 286 g/mol. The number of hydrogen-bond acceptors (Lipinski definition) is 3. The maximum absolute atomic E-state index is 10.6. The summed E-state index contributed by atoms with van der Waals surface area (Å²) in [6, 6.07) is 0. The lowest BCUT2D eigenvalue weighted by atomic mass is 10.4. The van der Waals surface area contributed by atoms with Crippen molar-refractivity contribution >= 4 is 51.6 Å². The van der Waals surface area contributed by atoms with Crippen molar-refractivity contribution < 1.29 is 4.79 Å². The van der Waals surface area contributed by atoms with Crippen molar-refractivity contribution in [2.24, 2.45) is 5.73 Å². The highest BCUT2D eigenvalue weighted by Gasteiger charge is 2.14. The van der Waals surface area contributed by atoms with Crippen LogP contribution in [0.5, 0.6) is 0 Å². The molecule has 54 valence electrons. The van der Waals surface area contributed by atoms with E-state index in [9.17, 15) is 4.79 Å². The number of aromatic nitrogens is 1. The highest BCUT2D eigenvalue weighted by molar-refractivity contribution is 14.1. The molecule has 2 N–H and O–H groups in total. The summed E-state index contributed by atoms with van der Waals surface area (Å²) < 4.78 is 4.47. The first-order valence-electron chi connectivity index (χ1n) is 2.23. The van der Waals surface area contributed by atoms with Gasteiger partial charge in [0.2, 0.25) is 0 Å². The van der Waals surface area contributed by atoms with E-state index in [1.165, 1.54) is 0 Å². The molecule has 0 aliphatic carbocycles. The van der Waals surface area contributed by atoms with E-state index >= 15 is 0 Å². The standard InChI is InChI=1S/C4H2ClIN2OS/c5-2-1(4(7)9)3(6)10-8-2/h(H2,7,9). The van der Waals surface area contributed by atoms with Crippen LogP contribution in [0, 0.1) is 2.88 Å². The van der Waals surface area contributed by atoms with Crippen LogP contribution in [0.25, 0.3) is 0 Å². The largest absolute Gasteiger partial charge is 0.365 e. The lowest BCUT2D eigenvalue weighted by molar-refractivity contribution is 0.1000. The van der Waals surface area contributed by atoms with Crippen LogP contribution >= 0.6 is 45.7 Å². The number of hydrogen-bond donors (Lipinski definition) is 1. The number of nitrogens with two attached hydrogens (primary N) is 1. The molecule has 0 saturated heterocycles.